The van der Waals surface area contributed by atoms with Gasteiger partial charge in [0.2, 0.25) is 0 Å². The van der Waals surface area contributed by atoms with E-state index in [0.717, 1.165) is 28.3 Å². The van der Waals surface area contributed by atoms with Gasteiger partial charge in [0, 0.05) is 33.1 Å². The summed E-state index contributed by atoms with van der Waals surface area (Å²) in [6.07, 6.45) is 0. The molecule has 0 saturated carbocycles. The Kier molecular flexibility index (Phi) is 7.53. The number of aromatic nitrogens is 1. The van der Waals surface area contributed by atoms with Gasteiger partial charge in [0.05, 0.1) is 22.4 Å². The average Bonchev–Trinajstić information content (AvgIpc) is 3.62. The van der Waals surface area contributed by atoms with Crippen molar-refractivity contribution in [3.63, 3.8) is 0 Å². The van der Waals surface area contributed by atoms with E-state index in [1.165, 1.54) is 70.8 Å². The molecule has 0 N–H and O–H groups in total. The number of hydrogen-bond donors (Lipinski definition) is 0. The second-order valence-electron chi connectivity index (χ2n) is 14.5. The first kappa shape index (κ1) is 32.0. The number of rotatable bonds is 6. The van der Waals surface area contributed by atoms with Crippen molar-refractivity contribution in [3.05, 3.63) is 218 Å². The minimum atomic E-state index is 1.10. The minimum absolute atomic E-state index is 1.10. The maximum Gasteiger partial charge on any atom is 0.0547 e. The number of nitrogens with zero attached hydrogens (tertiary/aromatic N) is 2. The van der Waals surface area contributed by atoms with Crippen LogP contribution in [0.1, 0.15) is 0 Å². The third-order valence-electron chi connectivity index (χ3n) is 11.3. The van der Waals surface area contributed by atoms with Crippen LogP contribution in [0, 0.1) is 0 Å². The average molecular weight is 713 g/mol. The Labute approximate surface area is 325 Å². The highest BCUT2D eigenvalue weighted by Crippen LogP contribution is 2.44. The molecule has 2 nitrogen and oxygen atoms in total. The molecule has 0 amide bonds. The van der Waals surface area contributed by atoms with Gasteiger partial charge in [-0.2, -0.15) is 0 Å². The molecule has 0 fully saturated rings. The van der Waals surface area contributed by atoms with Crippen LogP contribution in [0.3, 0.4) is 0 Å². The van der Waals surface area contributed by atoms with Gasteiger partial charge in [-0.25, -0.2) is 0 Å². The molecular weight excluding hydrogens is 677 g/mol. The summed E-state index contributed by atoms with van der Waals surface area (Å²) in [5.74, 6) is 0. The first-order valence-electron chi connectivity index (χ1n) is 19.3. The lowest BCUT2D eigenvalue weighted by molar-refractivity contribution is 1.18. The summed E-state index contributed by atoms with van der Waals surface area (Å²) in [6.45, 7) is 0. The smallest absolute Gasteiger partial charge is 0.0547 e. The molecule has 0 radical (unpaired) electrons. The van der Waals surface area contributed by atoms with E-state index < -0.39 is 0 Å². The lowest BCUT2D eigenvalue weighted by Crippen LogP contribution is -2.11. The Morgan fingerprint density at radius 3 is 1.80 bits per heavy atom. The number of para-hydroxylation sites is 2. The lowest BCUT2D eigenvalue weighted by atomic mass is 9.98. The lowest BCUT2D eigenvalue weighted by Gasteiger charge is -2.28. The van der Waals surface area contributed by atoms with Crippen molar-refractivity contribution in [3.8, 4) is 27.9 Å². The fourth-order valence-corrected chi connectivity index (χ4v) is 8.80. The van der Waals surface area contributed by atoms with Crippen LogP contribution in [-0.2, 0) is 0 Å². The van der Waals surface area contributed by atoms with Gasteiger partial charge in [0.15, 0.2) is 0 Å². The zero-order valence-electron chi connectivity index (χ0n) is 30.7. The fraction of sp³-hybridized carbons (Fsp3) is 0. The largest absolute Gasteiger partial charge is 0.310 e. The summed E-state index contributed by atoms with van der Waals surface area (Å²) in [5.41, 5.74) is 11.7. The molecule has 0 bridgehead atoms. The second-order valence-corrected chi connectivity index (χ2v) is 14.5. The van der Waals surface area contributed by atoms with Gasteiger partial charge in [-0.05, 0) is 92.2 Å². The predicted molar refractivity (Wildman–Crippen MR) is 239 cm³/mol. The van der Waals surface area contributed by atoms with Gasteiger partial charge in [-0.1, -0.05) is 170 Å². The summed E-state index contributed by atoms with van der Waals surface area (Å²) < 4.78 is 2.45. The molecule has 0 atom stereocenters. The Hall–Kier alpha value is -7.42. The van der Waals surface area contributed by atoms with Crippen molar-refractivity contribution in [2.75, 3.05) is 4.90 Å². The predicted octanol–water partition coefficient (Wildman–Crippen LogP) is 15.0. The fourth-order valence-electron chi connectivity index (χ4n) is 8.80. The monoisotopic (exact) mass is 712 g/mol. The molecule has 0 saturated heterocycles. The Morgan fingerprint density at radius 2 is 0.964 bits per heavy atom. The molecule has 0 aliphatic carbocycles. The summed E-state index contributed by atoms with van der Waals surface area (Å²) in [7, 11) is 0. The van der Waals surface area contributed by atoms with Crippen molar-refractivity contribution < 1.29 is 0 Å². The summed E-state index contributed by atoms with van der Waals surface area (Å²) in [6, 6.07) is 79.4. The Balaban J connectivity index is 1.10. The van der Waals surface area contributed by atoms with Gasteiger partial charge in [0.1, 0.15) is 0 Å². The molecule has 1 heterocycles. The van der Waals surface area contributed by atoms with Crippen LogP contribution in [0.2, 0.25) is 0 Å². The van der Waals surface area contributed by atoms with Gasteiger partial charge < -0.3 is 9.47 Å². The summed E-state index contributed by atoms with van der Waals surface area (Å²) in [5, 5.41) is 10.0. The van der Waals surface area contributed by atoms with E-state index in [9.17, 15) is 0 Å². The first-order valence-corrected chi connectivity index (χ1v) is 19.3. The number of hydrogen-bond acceptors (Lipinski definition) is 1. The highest BCUT2D eigenvalue weighted by atomic mass is 15.1. The molecule has 0 aliphatic heterocycles. The number of benzene rings is 10. The van der Waals surface area contributed by atoms with Crippen LogP contribution in [0.15, 0.2) is 218 Å². The molecule has 11 rings (SSSR count). The Morgan fingerprint density at radius 1 is 0.321 bits per heavy atom. The molecule has 0 unspecified atom stereocenters. The number of anilines is 3. The molecular formula is C54H36N2. The summed E-state index contributed by atoms with van der Waals surface area (Å²) in [4.78, 5) is 2.43. The topological polar surface area (TPSA) is 8.17 Å². The van der Waals surface area contributed by atoms with E-state index in [4.69, 9.17) is 0 Å². The van der Waals surface area contributed by atoms with Crippen molar-refractivity contribution >= 4 is 71.2 Å². The highest BCUT2D eigenvalue weighted by Gasteiger charge is 2.20. The molecule has 0 spiro atoms. The molecule has 2 heteroatoms. The van der Waals surface area contributed by atoms with Crippen molar-refractivity contribution in [1.82, 2.24) is 4.57 Å². The van der Waals surface area contributed by atoms with Crippen molar-refractivity contribution in [2.24, 2.45) is 0 Å². The summed E-state index contributed by atoms with van der Waals surface area (Å²) >= 11 is 0. The van der Waals surface area contributed by atoms with E-state index in [1.54, 1.807) is 0 Å². The normalized spacial score (nSPS) is 11.6. The van der Waals surface area contributed by atoms with Gasteiger partial charge in [-0.15, -0.1) is 0 Å². The molecule has 1 aromatic heterocycles. The van der Waals surface area contributed by atoms with Crippen LogP contribution in [0.25, 0.3) is 82.1 Å². The van der Waals surface area contributed by atoms with Gasteiger partial charge in [0.25, 0.3) is 0 Å². The maximum absolute atomic E-state index is 2.45. The van der Waals surface area contributed by atoms with Crippen LogP contribution in [0.4, 0.5) is 17.1 Å². The van der Waals surface area contributed by atoms with E-state index >= 15 is 0 Å². The molecule has 10 aromatic carbocycles. The highest BCUT2D eigenvalue weighted by molar-refractivity contribution is 6.21. The zero-order chi connectivity index (χ0) is 37.0. The van der Waals surface area contributed by atoms with Crippen molar-refractivity contribution in [2.45, 2.75) is 0 Å². The quantitative estimate of drug-likeness (QED) is 0.156. The zero-order valence-corrected chi connectivity index (χ0v) is 30.7. The van der Waals surface area contributed by atoms with Crippen LogP contribution in [-0.4, -0.2) is 4.57 Å². The molecule has 56 heavy (non-hydrogen) atoms. The third kappa shape index (κ3) is 5.19. The van der Waals surface area contributed by atoms with E-state index in [-0.39, 0.29) is 0 Å². The molecule has 11 aromatic rings. The van der Waals surface area contributed by atoms with Crippen LogP contribution >= 0.6 is 0 Å². The van der Waals surface area contributed by atoms with Gasteiger partial charge in [-0.3, -0.25) is 0 Å². The van der Waals surface area contributed by atoms with E-state index in [1.807, 2.05) is 0 Å². The second kappa shape index (κ2) is 13.2. The SMILES string of the molecule is c1ccc(-c2cccc(N(c3ccc(-c4ccccc4-n4c5ccccc5c5c6ccccc6ccc54)cc3)c3cc4ccccc4c4ccccc34)c2)cc1. The van der Waals surface area contributed by atoms with Crippen LogP contribution < -0.4 is 4.90 Å². The standard InChI is InChI=1S/C54H36N2/c1-2-15-37(16-3-1)40-19-14-20-43(35-40)55(53-36-41-18-5-6-21-44(41)47-24-8-9-25-48(47)53)42-32-29-39(30-33-42)45-22-10-12-27-50(45)56-51-28-13-11-26-49(51)54-46-23-7-4-17-38(46)31-34-52(54)56/h1-36H. The Bertz CT molecular complexity index is 3250. The van der Waals surface area contributed by atoms with E-state index in [2.05, 4.69) is 228 Å². The van der Waals surface area contributed by atoms with E-state index in [0.29, 0.717) is 0 Å². The molecule has 262 valence electrons. The molecule has 0 aliphatic rings. The first-order chi connectivity index (χ1) is 27.8. The maximum atomic E-state index is 2.45. The van der Waals surface area contributed by atoms with Gasteiger partial charge >= 0.3 is 0 Å². The third-order valence-corrected chi connectivity index (χ3v) is 11.3. The minimum Gasteiger partial charge on any atom is -0.310 e. The van der Waals surface area contributed by atoms with Crippen molar-refractivity contribution in [1.29, 1.82) is 0 Å². The number of fused-ring (bicyclic) bond motifs is 8. The van der Waals surface area contributed by atoms with Crippen LogP contribution in [0.5, 0.6) is 0 Å².